The van der Waals surface area contributed by atoms with Crippen LogP contribution in [0.1, 0.15) is 10.4 Å². The standard InChI is InChI=1S/C13H11ClN2OS/c1-17-10-3-2-9(7-15)12(6-10)16-8-11-4-5-13(14)18-11/h2-6,16H,8H2,1H3. The molecule has 1 aromatic heterocycles. The fourth-order valence-corrected chi connectivity index (χ4v) is 2.55. The molecule has 1 aromatic carbocycles. The van der Waals surface area contributed by atoms with E-state index in [2.05, 4.69) is 11.4 Å². The van der Waals surface area contributed by atoms with Gasteiger partial charge in [0.05, 0.1) is 22.7 Å². The molecule has 0 saturated carbocycles. The van der Waals surface area contributed by atoms with E-state index in [4.69, 9.17) is 21.6 Å². The van der Waals surface area contributed by atoms with Gasteiger partial charge >= 0.3 is 0 Å². The highest BCUT2D eigenvalue weighted by Gasteiger charge is 2.04. The third-order valence-electron chi connectivity index (χ3n) is 2.43. The van der Waals surface area contributed by atoms with Gasteiger partial charge in [-0.2, -0.15) is 5.26 Å². The number of nitrogens with one attached hydrogen (secondary N) is 1. The molecule has 0 amide bonds. The number of ether oxygens (including phenoxy) is 1. The van der Waals surface area contributed by atoms with Crippen LogP contribution in [0.25, 0.3) is 0 Å². The van der Waals surface area contributed by atoms with Gasteiger partial charge in [0.2, 0.25) is 0 Å². The van der Waals surface area contributed by atoms with Crippen LogP contribution in [0.4, 0.5) is 5.69 Å². The van der Waals surface area contributed by atoms with Crippen molar-refractivity contribution in [1.29, 1.82) is 5.26 Å². The normalized spacial score (nSPS) is 9.83. The molecule has 0 aliphatic rings. The second-order valence-corrected chi connectivity index (χ2v) is 5.38. The smallest absolute Gasteiger partial charge is 0.121 e. The van der Waals surface area contributed by atoms with Crippen molar-refractivity contribution in [2.75, 3.05) is 12.4 Å². The van der Waals surface area contributed by atoms with Crippen LogP contribution < -0.4 is 10.1 Å². The van der Waals surface area contributed by atoms with E-state index in [9.17, 15) is 0 Å². The van der Waals surface area contributed by atoms with Gasteiger partial charge in [-0.05, 0) is 24.3 Å². The lowest BCUT2D eigenvalue weighted by atomic mass is 10.2. The zero-order valence-corrected chi connectivity index (χ0v) is 11.3. The average Bonchev–Trinajstić information content (AvgIpc) is 2.81. The average molecular weight is 279 g/mol. The van der Waals surface area contributed by atoms with Gasteiger partial charge in [-0.3, -0.25) is 0 Å². The molecule has 0 unspecified atom stereocenters. The number of methoxy groups -OCH3 is 1. The number of hydrogen-bond acceptors (Lipinski definition) is 4. The Morgan fingerprint density at radius 3 is 2.83 bits per heavy atom. The highest BCUT2D eigenvalue weighted by Crippen LogP contribution is 2.25. The van der Waals surface area contributed by atoms with Gasteiger partial charge in [0.15, 0.2) is 0 Å². The van der Waals surface area contributed by atoms with Crippen LogP contribution in [-0.2, 0) is 6.54 Å². The molecule has 0 aliphatic heterocycles. The van der Waals surface area contributed by atoms with E-state index in [1.54, 1.807) is 19.2 Å². The minimum Gasteiger partial charge on any atom is -0.497 e. The predicted octanol–water partition coefficient (Wildman–Crippen LogP) is 3.89. The van der Waals surface area contributed by atoms with Crippen molar-refractivity contribution >= 4 is 28.6 Å². The van der Waals surface area contributed by atoms with Crippen molar-refractivity contribution in [3.63, 3.8) is 0 Å². The number of anilines is 1. The maximum Gasteiger partial charge on any atom is 0.121 e. The molecule has 1 heterocycles. The zero-order valence-electron chi connectivity index (χ0n) is 9.74. The van der Waals surface area contributed by atoms with E-state index in [1.807, 2.05) is 18.2 Å². The lowest BCUT2D eigenvalue weighted by Crippen LogP contribution is -2.00. The predicted molar refractivity (Wildman–Crippen MR) is 74.4 cm³/mol. The van der Waals surface area contributed by atoms with Gasteiger partial charge in [0.25, 0.3) is 0 Å². The molecule has 1 N–H and O–H groups in total. The minimum atomic E-state index is 0.596. The zero-order chi connectivity index (χ0) is 13.0. The Bertz CT molecular complexity index is 589. The monoisotopic (exact) mass is 278 g/mol. The second-order valence-electron chi connectivity index (χ2n) is 3.58. The Morgan fingerprint density at radius 2 is 2.22 bits per heavy atom. The third-order valence-corrected chi connectivity index (χ3v) is 3.66. The first-order valence-electron chi connectivity index (χ1n) is 5.29. The summed E-state index contributed by atoms with van der Waals surface area (Å²) in [6.07, 6.45) is 0. The topological polar surface area (TPSA) is 45.0 Å². The Hall–Kier alpha value is -1.70. The van der Waals surface area contributed by atoms with E-state index in [0.29, 0.717) is 12.1 Å². The summed E-state index contributed by atoms with van der Waals surface area (Å²) in [5.41, 5.74) is 1.36. The van der Waals surface area contributed by atoms with Gasteiger partial charge in [-0.15, -0.1) is 11.3 Å². The number of rotatable bonds is 4. The summed E-state index contributed by atoms with van der Waals surface area (Å²) >= 11 is 7.39. The fourth-order valence-electron chi connectivity index (χ4n) is 1.52. The minimum absolute atomic E-state index is 0.596. The highest BCUT2D eigenvalue weighted by molar-refractivity contribution is 7.16. The molecular formula is C13H11ClN2OS. The molecule has 3 nitrogen and oxygen atoms in total. The lowest BCUT2D eigenvalue weighted by molar-refractivity contribution is 0.415. The Labute approximate surface area is 115 Å². The van der Waals surface area contributed by atoms with Crippen molar-refractivity contribution in [3.8, 4) is 11.8 Å². The Morgan fingerprint density at radius 1 is 1.39 bits per heavy atom. The van der Waals surface area contributed by atoms with Gasteiger partial charge in [0, 0.05) is 17.5 Å². The van der Waals surface area contributed by atoms with E-state index >= 15 is 0 Å². The number of nitrogens with zero attached hydrogens (tertiary/aromatic N) is 1. The van der Waals surface area contributed by atoms with Crippen LogP contribution in [0.2, 0.25) is 4.34 Å². The first-order chi connectivity index (χ1) is 8.72. The summed E-state index contributed by atoms with van der Waals surface area (Å²) in [6, 6.07) is 11.3. The van der Waals surface area contributed by atoms with E-state index in [-0.39, 0.29) is 0 Å². The van der Waals surface area contributed by atoms with Crippen molar-refractivity contribution < 1.29 is 4.74 Å². The number of thiophene rings is 1. The summed E-state index contributed by atoms with van der Waals surface area (Å²) in [6.45, 7) is 0.638. The lowest BCUT2D eigenvalue weighted by Gasteiger charge is -2.08. The molecule has 0 bridgehead atoms. The van der Waals surface area contributed by atoms with Crippen LogP contribution in [0.15, 0.2) is 30.3 Å². The molecule has 2 rings (SSSR count). The fraction of sp³-hybridized carbons (Fsp3) is 0.154. The van der Waals surface area contributed by atoms with Gasteiger partial charge in [-0.25, -0.2) is 0 Å². The molecule has 0 spiro atoms. The molecule has 92 valence electrons. The van der Waals surface area contributed by atoms with Crippen LogP contribution in [-0.4, -0.2) is 7.11 Å². The molecule has 2 aromatic rings. The Kier molecular flexibility index (Phi) is 4.08. The second kappa shape index (κ2) is 5.76. The van der Waals surface area contributed by atoms with Gasteiger partial charge in [0.1, 0.15) is 11.8 Å². The van der Waals surface area contributed by atoms with Crippen LogP contribution in [0, 0.1) is 11.3 Å². The molecule has 0 atom stereocenters. The quantitative estimate of drug-likeness (QED) is 0.923. The maximum absolute atomic E-state index is 9.03. The highest BCUT2D eigenvalue weighted by atomic mass is 35.5. The third kappa shape index (κ3) is 2.95. The summed E-state index contributed by atoms with van der Waals surface area (Å²) < 4.78 is 5.90. The summed E-state index contributed by atoms with van der Waals surface area (Å²) in [4.78, 5) is 1.12. The summed E-state index contributed by atoms with van der Waals surface area (Å²) in [7, 11) is 1.60. The number of nitriles is 1. The molecule has 0 saturated heterocycles. The molecule has 5 heteroatoms. The van der Waals surface area contributed by atoms with Crippen molar-refractivity contribution in [3.05, 3.63) is 45.1 Å². The molecule has 0 fully saturated rings. The maximum atomic E-state index is 9.03. The SMILES string of the molecule is COc1ccc(C#N)c(NCc2ccc(Cl)s2)c1. The Balaban J connectivity index is 2.15. The number of hydrogen-bond donors (Lipinski definition) is 1. The molecule has 0 aliphatic carbocycles. The largest absolute Gasteiger partial charge is 0.497 e. The molecule has 0 radical (unpaired) electrons. The van der Waals surface area contributed by atoms with E-state index in [1.165, 1.54) is 11.3 Å². The van der Waals surface area contributed by atoms with Crippen molar-refractivity contribution in [2.24, 2.45) is 0 Å². The van der Waals surface area contributed by atoms with Gasteiger partial charge < -0.3 is 10.1 Å². The first kappa shape index (κ1) is 12.7. The van der Waals surface area contributed by atoms with Crippen LogP contribution >= 0.6 is 22.9 Å². The van der Waals surface area contributed by atoms with Gasteiger partial charge in [-0.1, -0.05) is 11.6 Å². The van der Waals surface area contributed by atoms with E-state index < -0.39 is 0 Å². The molecule has 18 heavy (non-hydrogen) atoms. The summed E-state index contributed by atoms with van der Waals surface area (Å²) in [5, 5.41) is 12.3. The first-order valence-corrected chi connectivity index (χ1v) is 6.48. The van der Waals surface area contributed by atoms with Crippen LogP contribution in [0.3, 0.4) is 0 Å². The molecular weight excluding hydrogens is 268 g/mol. The van der Waals surface area contributed by atoms with E-state index in [0.717, 1.165) is 20.7 Å². The number of benzene rings is 1. The number of halogens is 1. The summed E-state index contributed by atoms with van der Waals surface area (Å²) in [5.74, 6) is 0.723. The van der Waals surface area contributed by atoms with Crippen molar-refractivity contribution in [2.45, 2.75) is 6.54 Å². The van der Waals surface area contributed by atoms with Crippen molar-refractivity contribution in [1.82, 2.24) is 0 Å². The van der Waals surface area contributed by atoms with Crippen LogP contribution in [0.5, 0.6) is 5.75 Å².